The van der Waals surface area contributed by atoms with Crippen LogP contribution < -0.4 is 4.72 Å². The van der Waals surface area contributed by atoms with Crippen molar-refractivity contribution in [2.45, 2.75) is 92.2 Å². The van der Waals surface area contributed by atoms with E-state index in [2.05, 4.69) is 57.3 Å². The first-order valence-electron chi connectivity index (χ1n) is 10.3. The van der Waals surface area contributed by atoms with Gasteiger partial charge in [0.25, 0.3) is 0 Å². The summed E-state index contributed by atoms with van der Waals surface area (Å²) in [6, 6.07) is 3.45. The number of aliphatic imine (C=N–C) groups is 1. The van der Waals surface area contributed by atoms with E-state index in [9.17, 15) is 13.5 Å². The molecule has 2 N–H and O–H groups in total. The topological polar surface area (TPSA) is 78.8 Å². The molecule has 0 aliphatic rings. The molecule has 1 rings (SSSR count). The van der Waals surface area contributed by atoms with Gasteiger partial charge in [-0.2, -0.15) is 0 Å². The van der Waals surface area contributed by atoms with Crippen molar-refractivity contribution in [3.63, 3.8) is 0 Å². The van der Waals surface area contributed by atoms with Crippen molar-refractivity contribution in [1.29, 1.82) is 0 Å². The minimum Gasteiger partial charge on any atom is -0.507 e. The lowest BCUT2D eigenvalue weighted by Gasteiger charge is -2.27. The molecule has 0 aliphatic carbocycles. The van der Waals surface area contributed by atoms with Crippen molar-refractivity contribution in [2.24, 2.45) is 10.9 Å². The van der Waals surface area contributed by atoms with Crippen LogP contribution in [0.25, 0.3) is 0 Å². The number of benzene rings is 1. The molecule has 0 unspecified atom stereocenters. The smallest absolute Gasteiger partial charge is 0.213 e. The van der Waals surface area contributed by atoms with Crippen LogP contribution in [0, 0.1) is 5.92 Å². The van der Waals surface area contributed by atoms with E-state index in [1.54, 1.807) is 20.1 Å². The summed E-state index contributed by atoms with van der Waals surface area (Å²) in [6.45, 7) is 20.1. The summed E-state index contributed by atoms with van der Waals surface area (Å²) < 4.78 is 27.4. The monoisotopic (exact) mass is 424 g/mol. The van der Waals surface area contributed by atoms with Crippen molar-refractivity contribution in [3.8, 4) is 5.75 Å². The van der Waals surface area contributed by atoms with Crippen LogP contribution in [-0.2, 0) is 20.9 Å². The van der Waals surface area contributed by atoms with E-state index in [0.29, 0.717) is 5.56 Å². The highest BCUT2D eigenvalue weighted by atomic mass is 32.2. The number of nitrogens with one attached hydrogen (secondary N) is 1. The van der Waals surface area contributed by atoms with Crippen LogP contribution >= 0.6 is 0 Å². The van der Waals surface area contributed by atoms with Gasteiger partial charge in [0.15, 0.2) is 0 Å². The average Bonchev–Trinajstić information content (AvgIpc) is 2.48. The van der Waals surface area contributed by atoms with Crippen molar-refractivity contribution in [3.05, 3.63) is 28.8 Å². The Kier molecular flexibility index (Phi) is 8.11. The minimum atomic E-state index is -3.43. The van der Waals surface area contributed by atoms with Gasteiger partial charge in [-0.15, -0.1) is 0 Å². The number of phenols is 1. The highest BCUT2D eigenvalue weighted by Crippen LogP contribution is 2.37. The Morgan fingerprint density at radius 1 is 1.03 bits per heavy atom. The largest absolute Gasteiger partial charge is 0.507 e. The fraction of sp³-hybridized carbons (Fsp3) is 0.696. The molecule has 0 bridgehead atoms. The van der Waals surface area contributed by atoms with Gasteiger partial charge in [0.1, 0.15) is 5.75 Å². The molecule has 0 saturated heterocycles. The third-order valence-electron chi connectivity index (χ3n) is 4.79. The van der Waals surface area contributed by atoms with E-state index in [1.807, 2.05) is 19.9 Å². The van der Waals surface area contributed by atoms with Crippen LogP contribution in [0.4, 0.5) is 0 Å². The van der Waals surface area contributed by atoms with E-state index in [-0.39, 0.29) is 34.3 Å². The molecular formula is C23H40N2O3S. The molecule has 0 heterocycles. The summed E-state index contributed by atoms with van der Waals surface area (Å²) in [4.78, 5) is 4.59. The van der Waals surface area contributed by atoms with Crippen LogP contribution in [0.3, 0.4) is 0 Å². The van der Waals surface area contributed by atoms with Crippen molar-refractivity contribution in [2.75, 3.05) is 5.75 Å². The third-order valence-corrected chi connectivity index (χ3v) is 6.40. The molecule has 29 heavy (non-hydrogen) atoms. The predicted molar refractivity (Wildman–Crippen MR) is 124 cm³/mol. The molecule has 0 aromatic heterocycles. The number of aromatic hydroxyl groups is 1. The summed E-state index contributed by atoms with van der Waals surface area (Å²) in [6.07, 6.45) is 1.63. The Morgan fingerprint density at radius 3 is 2.00 bits per heavy atom. The lowest BCUT2D eigenvalue weighted by atomic mass is 9.79. The number of rotatable bonds is 7. The zero-order chi connectivity index (χ0) is 22.8. The van der Waals surface area contributed by atoms with Gasteiger partial charge in [-0.25, -0.2) is 13.1 Å². The molecular weight excluding hydrogens is 384 g/mol. The number of sulfonamides is 1. The van der Waals surface area contributed by atoms with Crippen molar-refractivity contribution >= 4 is 16.2 Å². The second kappa shape index (κ2) is 9.17. The molecule has 0 spiro atoms. The van der Waals surface area contributed by atoms with Crippen LogP contribution in [-0.4, -0.2) is 37.6 Å². The number of hydrogen-bond donors (Lipinski definition) is 2. The normalized spacial score (nSPS) is 14.9. The average molecular weight is 425 g/mol. The Morgan fingerprint density at radius 2 is 1.59 bits per heavy atom. The van der Waals surface area contributed by atoms with Crippen molar-refractivity contribution in [1.82, 2.24) is 4.72 Å². The van der Waals surface area contributed by atoms with Gasteiger partial charge in [-0.3, -0.25) is 4.99 Å². The first kappa shape index (κ1) is 25.6. The molecule has 1 atom stereocenters. The molecule has 0 aliphatic heterocycles. The van der Waals surface area contributed by atoms with E-state index in [4.69, 9.17) is 0 Å². The molecule has 5 nitrogen and oxygen atoms in total. The Balaban J connectivity index is 3.39. The van der Waals surface area contributed by atoms with Gasteiger partial charge >= 0.3 is 0 Å². The lowest BCUT2D eigenvalue weighted by molar-refractivity contribution is 0.443. The van der Waals surface area contributed by atoms with E-state index >= 15 is 0 Å². The maximum absolute atomic E-state index is 12.4. The summed E-state index contributed by atoms with van der Waals surface area (Å²) in [7, 11) is -3.43. The molecule has 6 heteroatoms. The van der Waals surface area contributed by atoms with Crippen LogP contribution in [0.2, 0.25) is 0 Å². The van der Waals surface area contributed by atoms with Crippen LogP contribution in [0.15, 0.2) is 17.1 Å². The molecule has 0 fully saturated rings. The maximum Gasteiger partial charge on any atom is 0.213 e. The first-order valence-corrected chi connectivity index (χ1v) is 12.0. The van der Waals surface area contributed by atoms with E-state index < -0.39 is 16.1 Å². The summed E-state index contributed by atoms with van der Waals surface area (Å²) in [5.74, 6) is 0.176. The highest BCUT2D eigenvalue weighted by molar-refractivity contribution is 7.89. The summed E-state index contributed by atoms with van der Waals surface area (Å²) >= 11 is 0. The zero-order valence-electron chi connectivity index (χ0n) is 19.8. The molecule has 0 saturated carbocycles. The Bertz CT molecular complexity index is 827. The quantitative estimate of drug-likeness (QED) is 0.620. The SMILES string of the molecule is CC(C)NS(=O)(=O)C[C@@H](N=Cc1cc(C(C)(C)C)cc(C(C)(C)C)c1O)C(C)C. The molecule has 1 aromatic rings. The second-order valence-corrected chi connectivity index (χ2v) is 12.4. The first-order chi connectivity index (χ1) is 12.9. The number of hydrogen-bond acceptors (Lipinski definition) is 4. The Labute approximate surface area is 178 Å². The minimum absolute atomic E-state index is 0.0463. The zero-order valence-corrected chi connectivity index (χ0v) is 20.6. The van der Waals surface area contributed by atoms with E-state index in [0.717, 1.165) is 11.1 Å². The van der Waals surface area contributed by atoms with Gasteiger partial charge in [-0.1, -0.05) is 61.5 Å². The van der Waals surface area contributed by atoms with Crippen LogP contribution in [0.5, 0.6) is 5.75 Å². The predicted octanol–water partition coefficient (Wildman–Crippen LogP) is 4.76. The van der Waals surface area contributed by atoms with Gasteiger partial charge in [-0.05, 0) is 42.2 Å². The summed E-state index contributed by atoms with van der Waals surface area (Å²) in [5.41, 5.74) is 2.29. The molecule has 1 aromatic carbocycles. The van der Waals surface area contributed by atoms with Gasteiger partial charge in [0.2, 0.25) is 10.0 Å². The van der Waals surface area contributed by atoms with Gasteiger partial charge in [0.05, 0.1) is 11.8 Å². The highest BCUT2D eigenvalue weighted by Gasteiger charge is 2.25. The standard InChI is InChI=1S/C23H40N2O3S/c1-15(2)20(14-29(27,28)25-16(3)4)24-13-17-11-18(22(5,6)7)12-19(21(17)26)23(8,9)10/h11-13,15-16,20,25-26H,14H2,1-10H3/t20-/m1/s1. The van der Waals surface area contributed by atoms with Crippen molar-refractivity contribution < 1.29 is 13.5 Å². The van der Waals surface area contributed by atoms with Gasteiger partial charge in [0, 0.05) is 23.4 Å². The lowest BCUT2D eigenvalue weighted by Crippen LogP contribution is -2.37. The molecule has 166 valence electrons. The molecule has 0 amide bonds. The fourth-order valence-corrected chi connectivity index (χ4v) is 4.71. The second-order valence-electron chi connectivity index (χ2n) is 10.6. The Hall–Kier alpha value is -1.40. The molecule has 0 radical (unpaired) electrons. The summed E-state index contributed by atoms with van der Waals surface area (Å²) in [5, 5.41) is 10.9. The van der Waals surface area contributed by atoms with Crippen LogP contribution in [0.1, 0.15) is 85.9 Å². The van der Waals surface area contributed by atoms with Gasteiger partial charge < -0.3 is 5.11 Å². The third kappa shape index (κ3) is 7.74. The fourth-order valence-electron chi connectivity index (χ4n) is 2.98. The maximum atomic E-state index is 12.4. The van der Waals surface area contributed by atoms with E-state index in [1.165, 1.54) is 0 Å². The number of phenolic OH excluding ortho intramolecular Hbond substituents is 1. The number of nitrogens with zero attached hydrogens (tertiary/aromatic N) is 1.